The van der Waals surface area contributed by atoms with E-state index >= 15 is 0 Å². The number of hydrogen-bond acceptors (Lipinski definition) is 6. The molecule has 4 rings (SSSR count). The molecule has 1 fully saturated rings. The van der Waals surface area contributed by atoms with E-state index in [1.54, 1.807) is 18.4 Å². The fourth-order valence-electron chi connectivity index (χ4n) is 2.95. The molecular formula is C17H15BrClN3O2S2. The largest absolute Gasteiger partial charge is 0.493 e. The molecule has 0 saturated carbocycles. The summed E-state index contributed by atoms with van der Waals surface area (Å²) >= 11 is 12.7. The van der Waals surface area contributed by atoms with Crippen LogP contribution in [0.25, 0.3) is 10.2 Å². The Hall–Kier alpha value is -1.35. The normalized spacial score (nSPS) is 14.9. The number of fused-ring (bicyclic) bond motifs is 1. The van der Waals surface area contributed by atoms with Gasteiger partial charge in [0.2, 0.25) is 0 Å². The molecule has 5 nitrogen and oxygen atoms in total. The average molecular weight is 473 g/mol. The molecule has 3 aromatic rings. The summed E-state index contributed by atoms with van der Waals surface area (Å²) in [6.07, 6.45) is 0. The van der Waals surface area contributed by atoms with Gasteiger partial charge >= 0.3 is 0 Å². The predicted octanol–water partition coefficient (Wildman–Crippen LogP) is 4.74. The van der Waals surface area contributed by atoms with Crippen LogP contribution < -0.4 is 9.64 Å². The van der Waals surface area contributed by atoms with Crippen LogP contribution in [0.15, 0.2) is 28.1 Å². The molecule has 1 aromatic carbocycles. The van der Waals surface area contributed by atoms with Crippen molar-refractivity contribution in [1.29, 1.82) is 0 Å². The van der Waals surface area contributed by atoms with Crippen LogP contribution in [-0.4, -0.2) is 49.1 Å². The van der Waals surface area contributed by atoms with E-state index in [0.29, 0.717) is 23.9 Å². The van der Waals surface area contributed by atoms with E-state index in [4.69, 9.17) is 21.3 Å². The van der Waals surface area contributed by atoms with Gasteiger partial charge in [-0.15, -0.1) is 11.3 Å². The number of halogens is 2. The Labute approximate surface area is 172 Å². The van der Waals surface area contributed by atoms with Crippen LogP contribution in [0, 0.1) is 0 Å². The van der Waals surface area contributed by atoms with Crippen molar-refractivity contribution >= 4 is 71.5 Å². The van der Waals surface area contributed by atoms with E-state index in [-0.39, 0.29) is 5.91 Å². The smallest absolute Gasteiger partial charge is 0.264 e. The number of nitrogens with zero attached hydrogens (tertiary/aromatic N) is 3. The molecule has 0 N–H and O–H groups in total. The van der Waals surface area contributed by atoms with Gasteiger partial charge in [0.05, 0.1) is 25.5 Å². The van der Waals surface area contributed by atoms with Crippen molar-refractivity contribution in [2.75, 3.05) is 38.2 Å². The Bertz CT molecular complexity index is 966. The first kappa shape index (κ1) is 18.0. The van der Waals surface area contributed by atoms with E-state index in [1.165, 1.54) is 11.3 Å². The molecule has 0 radical (unpaired) electrons. The molecule has 0 aliphatic carbocycles. The Morgan fingerprint density at radius 1 is 1.19 bits per heavy atom. The number of methoxy groups -OCH3 is 1. The van der Waals surface area contributed by atoms with Crippen molar-refractivity contribution in [1.82, 2.24) is 9.88 Å². The summed E-state index contributed by atoms with van der Waals surface area (Å²) in [7, 11) is 1.60. The molecule has 1 aliphatic heterocycles. The zero-order valence-corrected chi connectivity index (χ0v) is 17.8. The Morgan fingerprint density at radius 3 is 2.62 bits per heavy atom. The second-order valence-corrected chi connectivity index (χ2v) is 9.69. The number of thiazole rings is 1. The van der Waals surface area contributed by atoms with Gasteiger partial charge in [-0.1, -0.05) is 22.9 Å². The number of aromatic nitrogens is 1. The van der Waals surface area contributed by atoms with Crippen LogP contribution >= 0.6 is 50.2 Å². The minimum Gasteiger partial charge on any atom is -0.493 e. The molecule has 0 atom stereocenters. The molecule has 26 heavy (non-hydrogen) atoms. The Morgan fingerprint density at radius 2 is 1.96 bits per heavy atom. The second-order valence-electron chi connectivity index (χ2n) is 5.81. The third kappa shape index (κ3) is 3.31. The van der Waals surface area contributed by atoms with Gasteiger partial charge in [-0.3, -0.25) is 4.79 Å². The number of ether oxygens (including phenoxy) is 1. The van der Waals surface area contributed by atoms with Crippen LogP contribution in [-0.2, 0) is 0 Å². The zero-order valence-electron chi connectivity index (χ0n) is 13.9. The lowest BCUT2D eigenvalue weighted by atomic mass is 10.3. The summed E-state index contributed by atoms with van der Waals surface area (Å²) in [5.41, 5.74) is 0.793. The van der Waals surface area contributed by atoms with E-state index in [1.807, 2.05) is 29.2 Å². The van der Waals surface area contributed by atoms with Crippen LogP contribution in [0.2, 0.25) is 5.02 Å². The van der Waals surface area contributed by atoms with Crippen LogP contribution in [0.5, 0.6) is 5.75 Å². The standard InChI is InChI=1S/C17H15BrClN3O2S2/c1-24-15-10(19)2-3-11-14(15)20-17(26-11)22-8-6-21(7-9-22)16(23)12-4-5-13(18)25-12/h2-5H,6-9H2,1H3. The lowest BCUT2D eigenvalue weighted by Gasteiger charge is -2.34. The molecule has 0 spiro atoms. The lowest BCUT2D eigenvalue weighted by Crippen LogP contribution is -2.48. The zero-order chi connectivity index (χ0) is 18.3. The van der Waals surface area contributed by atoms with Crippen molar-refractivity contribution in [3.8, 4) is 5.75 Å². The summed E-state index contributed by atoms with van der Waals surface area (Å²) in [6, 6.07) is 7.58. The molecule has 1 amide bonds. The maximum Gasteiger partial charge on any atom is 0.264 e. The second kappa shape index (κ2) is 7.34. The van der Waals surface area contributed by atoms with Crippen LogP contribution in [0.3, 0.4) is 0 Å². The molecular weight excluding hydrogens is 458 g/mol. The quantitative estimate of drug-likeness (QED) is 0.552. The van der Waals surface area contributed by atoms with Gasteiger partial charge in [0.15, 0.2) is 10.9 Å². The first-order chi connectivity index (χ1) is 12.6. The Balaban J connectivity index is 1.49. The van der Waals surface area contributed by atoms with E-state index in [2.05, 4.69) is 20.8 Å². The van der Waals surface area contributed by atoms with Gasteiger partial charge in [0.25, 0.3) is 5.91 Å². The number of carbonyl (C=O) groups is 1. The number of amides is 1. The first-order valence-electron chi connectivity index (χ1n) is 7.99. The van der Waals surface area contributed by atoms with Crippen molar-refractivity contribution in [3.63, 3.8) is 0 Å². The van der Waals surface area contributed by atoms with Gasteiger partial charge < -0.3 is 14.5 Å². The predicted molar refractivity (Wildman–Crippen MR) is 111 cm³/mol. The van der Waals surface area contributed by atoms with Gasteiger partial charge in [-0.2, -0.15) is 0 Å². The lowest BCUT2D eigenvalue weighted by molar-refractivity contribution is 0.0751. The molecule has 2 aromatic heterocycles. The van der Waals surface area contributed by atoms with Gasteiger partial charge in [-0.05, 0) is 40.2 Å². The molecule has 136 valence electrons. The molecule has 1 aliphatic rings. The molecule has 1 saturated heterocycles. The summed E-state index contributed by atoms with van der Waals surface area (Å²) in [4.78, 5) is 22.2. The average Bonchev–Trinajstić information content (AvgIpc) is 3.27. The monoisotopic (exact) mass is 471 g/mol. The van der Waals surface area contributed by atoms with Gasteiger partial charge in [0.1, 0.15) is 5.52 Å². The number of thiophene rings is 1. The maximum absolute atomic E-state index is 12.6. The molecule has 0 unspecified atom stereocenters. The van der Waals surface area contributed by atoms with Crippen LogP contribution in [0.4, 0.5) is 5.13 Å². The van der Waals surface area contributed by atoms with Crippen molar-refractivity contribution in [2.24, 2.45) is 0 Å². The summed E-state index contributed by atoms with van der Waals surface area (Å²) in [6.45, 7) is 2.88. The number of benzene rings is 1. The molecule has 9 heteroatoms. The van der Waals surface area contributed by atoms with Gasteiger partial charge in [-0.25, -0.2) is 4.98 Å². The number of piperazine rings is 1. The summed E-state index contributed by atoms with van der Waals surface area (Å²) < 4.78 is 7.41. The molecule has 3 heterocycles. The van der Waals surface area contributed by atoms with Crippen molar-refractivity contribution < 1.29 is 9.53 Å². The number of hydrogen-bond donors (Lipinski definition) is 0. The fraction of sp³-hybridized carbons (Fsp3) is 0.294. The highest BCUT2D eigenvalue weighted by atomic mass is 79.9. The Kier molecular flexibility index (Phi) is 5.09. The SMILES string of the molecule is COc1c(Cl)ccc2sc(N3CCN(C(=O)c4ccc(Br)s4)CC3)nc12. The summed E-state index contributed by atoms with van der Waals surface area (Å²) in [5, 5.41) is 1.50. The highest BCUT2D eigenvalue weighted by Crippen LogP contribution is 2.38. The van der Waals surface area contributed by atoms with E-state index < -0.39 is 0 Å². The topological polar surface area (TPSA) is 45.7 Å². The fourth-order valence-corrected chi connectivity index (χ4v) is 5.55. The minimum atomic E-state index is 0.0955. The third-order valence-corrected chi connectivity index (χ3v) is 7.27. The number of rotatable bonds is 3. The highest BCUT2D eigenvalue weighted by Gasteiger charge is 2.25. The maximum atomic E-state index is 12.6. The van der Waals surface area contributed by atoms with Crippen molar-refractivity contribution in [2.45, 2.75) is 0 Å². The molecule has 0 bridgehead atoms. The van der Waals surface area contributed by atoms with Crippen molar-refractivity contribution in [3.05, 3.63) is 38.0 Å². The van der Waals surface area contributed by atoms with E-state index in [0.717, 1.165) is 37.1 Å². The van der Waals surface area contributed by atoms with Gasteiger partial charge in [0, 0.05) is 26.2 Å². The first-order valence-corrected chi connectivity index (χ1v) is 10.8. The number of anilines is 1. The minimum absolute atomic E-state index is 0.0955. The highest BCUT2D eigenvalue weighted by molar-refractivity contribution is 9.11. The third-order valence-electron chi connectivity index (χ3n) is 4.28. The van der Waals surface area contributed by atoms with E-state index in [9.17, 15) is 4.79 Å². The summed E-state index contributed by atoms with van der Waals surface area (Å²) in [5.74, 6) is 0.710. The van der Waals surface area contributed by atoms with Crippen LogP contribution in [0.1, 0.15) is 9.67 Å². The number of carbonyl (C=O) groups excluding carboxylic acids is 1.